The highest BCUT2D eigenvalue weighted by Crippen LogP contribution is 2.09. The molecule has 0 aromatic heterocycles. The van der Waals surface area contributed by atoms with Gasteiger partial charge in [0.05, 0.1) is 6.61 Å². The van der Waals surface area contributed by atoms with Crippen LogP contribution in [-0.2, 0) is 14.3 Å². The Bertz CT molecular complexity index is 260. The second-order valence-corrected chi connectivity index (χ2v) is 4.96. The maximum Gasteiger partial charge on any atom is 0.243 e. The van der Waals surface area contributed by atoms with Crippen molar-refractivity contribution in [3.63, 3.8) is 0 Å². The summed E-state index contributed by atoms with van der Waals surface area (Å²) in [5, 5.41) is 5.52. The van der Waals surface area contributed by atoms with Gasteiger partial charge < -0.3 is 15.4 Å². The van der Waals surface area contributed by atoms with Crippen LogP contribution in [0, 0.1) is 0 Å². The van der Waals surface area contributed by atoms with Gasteiger partial charge in [-0.25, -0.2) is 0 Å². The van der Waals surface area contributed by atoms with E-state index in [0.717, 1.165) is 5.75 Å². The van der Waals surface area contributed by atoms with E-state index in [0.29, 0.717) is 18.8 Å². The third kappa shape index (κ3) is 4.40. The van der Waals surface area contributed by atoms with Crippen LogP contribution in [0.3, 0.4) is 0 Å². The van der Waals surface area contributed by atoms with Crippen LogP contribution in [0.4, 0.5) is 0 Å². The van der Waals surface area contributed by atoms with Gasteiger partial charge in [-0.15, -0.1) is 0 Å². The summed E-state index contributed by atoms with van der Waals surface area (Å²) in [6.45, 7) is 2.34. The van der Waals surface area contributed by atoms with Gasteiger partial charge in [0.25, 0.3) is 0 Å². The molecule has 2 N–H and O–H groups in total. The summed E-state index contributed by atoms with van der Waals surface area (Å²) in [4.78, 5) is 23.1. The predicted molar refractivity (Wildman–Crippen MR) is 63.4 cm³/mol. The first kappa shape index (κ1) is 13.3. The molecule has 1 aliphatic heterocycles. The molecule has 5 nitrogen and oxygen atoms in total. The number of carbonyl (C=O) groups excluding carboxylic acids is 2. The minimum absolute atomic E-state index is 0.0392. The average molecular weight is 246 g/mol. The summed E-state index contributed by atoms with van der Waals surface area (Å²) in [7, 11) is 1.59. The van der Waals surface area contributed by atoms with Crippen molar-refractivity contribution in [3.8, 4) is 0 Å². The first-order valence-electron chi connectivity index (χ1n) is 5.30. The van der Waals surface area contributed by atoms with E-state index in [9.17, 15) is 9.59 Å². The molecule has 1 heterocycles. The largest absolute Gasteiger partial charge is 0.383 e. The van der Waals surface area contributed by atoms with Crippen molar-refractivity contribution in [3.05, 3.63) is 0 Å². The molecule has 0 spiro atoms. The molecule has 2 atom stereocenters. The number of nitrogens with one attached hydrogen (secondary N) is 2. The molecular formula is C10H18N2O3S. The molecule has 1 fully saturated rings. The fraction of sp³-hybridized carbons (Fsp3) is 0.800. The van der Waals surface area contributed by atoms with E-state index in [2.05, 4.69) is 10.6 Å². The number of hydrogen-bond donors (Lipinski definition) is 2. The lowest BCUT2D eigenvalue weighted by Gasteiger charge is -2.18. The van der Waals surface area contributed by atoms with E-state index < -0.39 is 6.04 Å². The molecule has 0 aliphatic carbocycles. The highest BCUT2D eigenvalue weighted by atomic mass is 32.2. The molecule has 6 heteroatoms. The Labute approximate surface area is 99.7 Å². The molecular weight excluding hydrogens is 228 g/mol. The van der Waals surface area contributed by atoms with Crippen molar-refractivity contribution in [1.82, 2.24) is 10.6 Å². The smallest absolute Gasteiger partial charge is 0.243 e. The Kier molecular flexibility index (Phi) is 5.62. The minimum atomic E-state index is -0.417. The maximum atomic E-state index is 11.8. The van der Waals surface area contributed by atoms with Crippen molar-refractivity contribution in [2.24, 2.45) is 0 Å². The Morgan fingerprint density at radius 1 is 1.75 bits per heavy atom. The van der Waals surface area contributed by atoms with Gasteiger partial charge in [-0.3, -0.25) is 9.59 Å². The summed E-state index contributed by atoms with van der Waals surface area (Å²) in [5.74, 6) is 1.23. The summed E-state index contributed by atoms with van der Waals surface area (Å²) >= 11 is 1.62. The molecule has 2 amide bonds. The van der Waals surface area contributed by atoms with Crippen LogP contribution in [0.25, 0.3) is 0 Å². The van der Waals surface area contributed by atoms with Crippen LogP contribution in [0.5, 0.6) is 0 Å². The van der Waals surface area contributed by atoms with Crippen LogP contribution >= 0.6 is 11.8 Å². The van der Waals surface area contributed by atoms with Gasteiger partial charge in [0.2, 0.25) is 11.8 Å². The quantitative estimate of drug-likeness (QED) is 0.718. The minimum Gasteiger partial charge on any atom is -0.383 e. The van der Waals surface area contributed by atoms with Gasteiger partial charge in [0, 0.05) is 31.1 Å². The Morgan fingerprint density at radius 2 is 2.50 bits per heavy atom. The van der Waals surface area contributed by atoms with Crippen LogP contribution in [-0.4, -0.2) is 49.1 Å². The molecule has 1 aliphatic rings. The average Bonchev–Trinajstić information content (AvgIpc) is 2.43. The summed E-state index contributed by atoms with van der Waals surface area (Å²) < 4.78 is 4.93. The van der Waals surface area contributed by atoms with E-state index in [1.54, 1.807) is 18.9 Å². The van der Waals surface area contributed by atoms with Gasteiger partial charge in [0.15, 0.2) is 0 Å². The molecule has 0 bridgehead atoms. The van der Waals surface area contributed by atoms with Crippen LogP contribution < -0.4 is 10.6 Å². The van der Waals surface area contributed by atoms with E-state index in [1.165, 1.54) is 0 Å². The van der Waals surface area contributed by atoms with Gasteiger partial charge in [0.1, 0.15) is 6.04 Å². The van der Waals surface area contributed by atoms with E-state index >= 15 is 0 Å². The van der Waals surface area contributed by atoms with Crippen LogP contribution in [0.2, 0.25) is 0 Å². The second kappa shape index (κ2) is 6.75. The van der Waals surface area contributed by atoms with Crippen molar-refractivity contribution in [2.45, 2.75) is 25.4 Å². The third-order valence-electron chi connectivity index (χ3n) is 2.22. The fourth-order valence-electron chi connectivity index (χ4n) is 1.45. The molecule has 1 saturated heterocycles. The third-order valence-corrected chi connectivity index (χ3v) is 3.28. The molecule has 16 heavy (non-hydrogen) atoms. The van der Waals surface area contributed by atoms with Crippen LogP contribution in [0.15, 0.2) is 0 Å². The van der Waals surface area contributed by atoms with Crippen molar-refractivity contribution >= 4 is 23.6 Å². The summed E-state index contributed by atoms with van der Waals surface area (Å²) in [5.41, 5.74) is 0. The normalized spacial score (nSPS) is 23.1. The summed E-state index contributed by atoms with van der Waals surface area (Å²) in [6.07, 6.45) is 0.488. The van der Waals surface area contributed by atoms with Crippen molar-refractivity contribution in [2.75, 3.05) is 25.2 Å². The van der Waals surface area contributed by atoms with Crippen molar-refractivity contribution < 1.29 is 14.3 Å². The second-order valence-electron chi connectivity index (χ2n) is 3.81. The number of ether oxygens (including phenoxy) is 1. The topological polar surface area (TPSA) is 67.4 Å². The molecule has 0 aromatic carbocycles. The van der Waals surface area contributed by atoms with Gasteiger partial charge >= 0.3 is 0 Å². The van der Waals surface area contributed by atoms with Crippen molar-refractivity contribution in [1.29, 1.82) is 0 Å². The number of thioether (sulfide) groups is 1. The van der Waals surface area contributed by atoms with Gasteiger partial charge in [-0.2, -0.15) is 11.8 Å². The Hall–Kier alpha value is -0.750. The zero-order valence-electron chi connectivity index (χ0n) is 9.62. The fourth-order valence-corrected chi connectivity index (χ4v) is 2.42. The first-order chi connectivity index (χ1) is 7.63. The highest BCUT2D eigenvalue weighted by molar-refractivity contribution is 7.99. The molecule has 92 valence electrons. The summed E-state index contributed by atoms with van der Waals surface area (Å²) in [6, 6.07) is -0.457. The zero-order chi connectivity index (χ0) is 12.0. The van der Waals surface area contributed by atoms with E-state index in [-0.39, 0.29) is 17.9 Å². The zero-order valence-corrected chi connectivity index (χ0v) is 10.4. The first-order valence-corrected chi connectivity index (χ1v) is 6.45. The standard InChI is InChI=1S/C10H18N2O3S/c1-7(5-15-2)11-10(14)8-6-16-4-3-9(13)12-8/h7-8H,3-6H2,1-2H3,(H,11,14)(H,12,13)/t7-,8+/m1/s1. The van der Waals surface area contributed by atoms with Gasteiger partial charge in [-0.1, -0.05) is 0 Å². The lowest BCUT2D eigenvalue weighted by atomic mass is 10.2. The Morgan fingerprint density at radius 3 is 3.19 bits per heavy atom. The maximum absolute atomic E-state index is 11.8. The molecule has 0 unspecified atom stereocenters. The SMILES string of the molecule is COC[C@@H](C)NC(=O)[C@@H]1CSCCC(=O)N1. The predicted octanol–water partition coefficient (Wildman–Crippen LogP) is -0.241. The number of carbonyl (C=O) groups is 2. The number of amides is 2. The molecule has 1 rings (SSSR count). The van der Waals surface area contributed by atoms with Gasteiger partial charge in [-0.05, 0) is 6.92 Å². The molecule has 0 aromatic rings. The number of methoxy groups -OCH3 is 1. The lowest BCUT2D eigenvalue weighted by Crippen LogP contribution is -2.50. The number of rotatable bonds is 4. The van der Waals surface area contributed by atoms with E-state index in [4.69, 9.17) is 4.74 Å². The highest BCUT2D eigenvalue weighted by Gasteiger charge is 2.24. The monoisotopic (exact) mass is 246 g/mol. The Balaban J connectivity index is 2.42. The number of hydrogen-bond acceptors (Lipinski definition) is 4. The lowest BCUT2D eigenvalue weighted by molar-refractivity contribution is -0.128. The molecule has 0 radical (unpaired) electrons. The van der Waals surface area contributed by atoms with Crippen LogP contribution in [0.1, 0.15) is 13.3 Å². The molecule has 0 saturated carbocycles. The van der Waals surface area contributed by atoms with E-state index in [1.807, 2.05) is 6.92 Å².